The molecule has 4 N–H and O–H groups in total. The van der Waals surface area contributed by atoms with Crippen molar-refractivity contribution < 1.29 is 51.8 Å². The van der Waals surface area contributed by atoms with Gasteiger partial charge in [-0.05, 0) is 68.4 Å². The van der Waals surface area contributed by atoms with Crippen LogP contribution in [0.3, 0.4) is 0 Å². The first-order valence-electron chi connectivity index (χ1n) is 18.8. The Labute approximate surface area is 327 Å². The molecular weight excluding hydrogens is 749 g/mol. The molecule has 4 aliphatic rings. The third-order valence-electron chi connectivity index (χ3n) is 10.6. The zero-order chi connectivity index (χ0) is 41.4. The zero-order valence-electron chi connectivity index (χ0n) is 31.4. The molecule has 14 nitrogen and oxygen atoms in total. The number of rotatable bonds is 8. The van der Waals surface area contributed by atoms with Crippen molar-refractivity contribution in [1.82, 2.24) is 20.0 Å². The van der Waals surface area contributed by atoms with Gasteiger partial charge in [-0.1, -0.05) is 42.5 Å². The Bertz CT molecular complexity index is 1950. The number of unbranched alkanes of at least 4 members (excludes halogenated alkanes) is 3. The molecule has 304 valence electrons. The number of aliphatic carboxylic acids is 1. The summed E-state index contributed by atoms with van der Waals surface area (Å²) < 4.78 is 31.7. The predicted octanol–water partition coefficient (Wildman–Crippen LogP) is 2.97. The van der Waals surface area contributed by atoms with Crippen LogP contribution in [0.15, 0.2) is 48.5 Å². The molecule has 4 heterocycles. The Hall–Kier alpha value is -5.76. The highest BCUT2D eigenvalue weighted by atomic mass is 19.4. The molecule has 0 aliphatic carbocycles. The van der Waals surface area contributed by atoms with Gasteiger partial charge in [0.1, 0.15) is 18.1 Å². The molecular formula is C40H45F3N6O8. The lowest BCUT2D eigenvalue weighted by molar-refractivity contribution is -0.192. The van der Waals surface area contributed by atoms with Gasteiger partial charge in [-0.2, -0.15) is 13.2 Å². The molecule has 2 aromatic rings. The molecule has 17 heteroatoms. The van der Waals surface area contributed by atoms with E-state index in [0.717, 1.165) is 29.7 Å². The quantitative estimate of drug-likeness (QED) is 0.205. The number of likely N-dealkylation sites (N-methyl/N-ethyl adjacent to an activating group) is 1. The molecule has 4 aliphatic heterocycles. The summed E-state index contributed by atoms with van der Waals surface area (Å²) in [6.45, 7) is 0.904. The molecule has 6 rings (SSSR count). The first-order chi connectivity index (χ1) is 27.1. The molecule has 3 fully saturated rings. The number of para-hydroxylation sites is 1. The summed E-state index contributed by atoms with van der Waals surface area (Å²) in [6, 6.07) is 12.5. The van der Waals surface area contributed by atoms with Gasteiger partial charge in [-0.15, -0.1) is 0 Å². The molecule has 0 radical (unpaired) electrons. The van der Waals surface area contributed by atoms with E-state index in [1.807, 2.05) is 36.4 Å². The maximum Gasteiger partial charge on any atom is 0.490 e. The number of halogens is 3. The number of hydrogen-bond donors (Lipinski definition) is 3. The molecule has 2 aromatic carbocycles. The Morgan fingerprint density at radius 3 is 2.37 bits per heavy atom. The maximum absolute atomic E-state index is 13.5. The summed E-state index contributed by atoms with van der Waals surface area (Å²) >= 11 is 0. The van der Waals surface area contributed by atoms with Crippen molar-refractivity contribution in [2.45, 2.75) is 101 Å². The summed E-state index contributed by atoms with van der Waals surface area (Å²) in [5.41, 5.74) is 9.22. The van der Waals surface area contributed by atoms with Gasteiger partial charge < -0.3 is 30.4 Å². The summed E-state index contributed by atoms with van der Waals surface area (Å²) in [5.74, 6) is 2.22. The van der Waals surface area contributed by atoms with Crippen LogP contribution < -0.4 is 16.0 Å². The third kappa shape index (κ3) is 10.2. The maximum atomic E-state index is 13.5. The van der Waals surface area contributed by atoms with Crippen LogP contribution in [0.1, 0.15) is 85.7 Å². The Morgan fingerprint density at radius 2 is 1.68 bits per heavy atom. The van der Waals surface area contributed by atoms with Gasteiger partial charge in [-0.25, -0.2) is 4.79 Å². The van der Waals surface area contributed by atoms with E-state index in [4.69, 9.17) is 15.6 Å². The van der Waals surface area contributed by atoms with Crippen LogP contribution in [-0.4, -0.2) is 112 Å². The van der Waals surface area contributed by atoms with Crippen molar-refractivity contribution >= 4 is 47.1 Å². The van der Waals surface area contributed by atoms with E-state index in [1.165, 1.54) is 4.90 Å². The van der Waals surface area contributed by atoms with E-state index < -0.39 is 36.2 Å². The van der Waals surface area contributed by atoms with Crippen LogP contribution >= 0.6 is 0 Å². The normalized spacial score (nSPS) is 21.9. The van der Waals surface area contributed by atoms with Crippen LogP contribution in [0.4, 0.5) is 18.9 Å². The fourth-order valence-corrected chi connectivity index (χ4v) is 7.56. The van der Waals surface area contributed by atoms with Gasteiger partial charge in [0.25, 0.3) is 5.91 Å². The Morgan fingerprint density at radius 1 is 0.965 bits per heavy atom. The molecule has 0 saturated carbocycles. The number of carboxylic acids is 1. The molecule has 57 heavy (non-hydrogen) atoms. The lowest BCUT2D eigenvalue weighted by Gasteiger charge is -2.38. The zero-order valence-corrected chi connectivity index (χ0v) is 31.4. The van der Waals surface area contributed by atoms with Gasteiger partial charge >= 0.3 is 12.1 Å². The van der Waals surface area contributed by atoms with Crippen LogP contribution in [0.5, 0.6) is 0 Å². The number of nitrogens with two attached hydrogens (primary N) is 1. The molecule has 6 amide bonds. The van der Waals surface area contributed by atoms with Crippen molar-refractivity contribution in [2.24, 2.45) is 5.73 Å². The number of nitrogens with one attached hydrogen (secondary N) is 1. The second-order valence-electron chi connectivity index (χ2n) is 14.4. The van der Waals surface area contributed by atoms with Gasteiger partial charge in [-0.3, -0.25) is 34.1 Å². The third-order valence-corrected chi connectivity index (χ3v) is 10.6. The van der Waals surface area contributed by atoms with E-state index in [0.29, 0.717) is 57.1 Å². The van der Waals surface area contributed by atoms with Gasteiger partial charge in [0.2, 0.25) is 29.5 Å². The lowest BCUT2D eigenvalue weighted by atomic mass is 10.0. The van der Waals surface area contributed by atoms with Gasteiger partial charge in [0, 0.05) is 68.8 Å². The van der Waals surface area contributed by atoms with Crippen LogP contribution in [-0.2, 0) is 35.3 Å². The van der Waals surface area contributed by atoms with E-state index in [9.17, 15) is 41.9 Å². The number of fused-ring (bicyclic) bond motifs is 2. The molecule has 3 saturated heterocycles. The van der Waals surface area contributed by atoms with Crippen molar-refractivity contribution in [3.63, 3.8) is 0 Å². The number of carbonyl (C=O) groups excluding carboxylic acids is 6. The number of imide groups is 1. The van der Waals surface area contributed by atoms with Crippen LogP contribution in [0.2, 0.25) is 0 Å². The Kier molecular flexibility index (Phi) is 13.7. The van der Waals surface area contributed by atoms with Gasteiger partial charge in [0.15, 0.2) is 0 Å². The smallest absolute Gasteiger partial charge is 0.475 e. The average molecular weight is 795 g/mol. The standard InChI is InChI=1S/C38H44N6O6.C2HF3O2/c1-41(26-13-7-5-8-14-26)38(50)32-18-17-27-21-22-42(24-30(39)37(49)44(27)32)34(46)16-9-4-2-3-6-11-25-12-10-15-28-29(25)23-43(36(28)48)31-19-20-33(45)40-35(31)47;3-2(4,5)1(6)7/h5,7-8,10,12-15,27,30-32H,2-4,9,16-24,39H2,1H3,(H,40,45,47);(H,6,7)/t27-,30+,31?,32+;/m1./s1. The Balaban J connectivity index is 0.000000811. The number of anilines is 1. The van der Waals surface area contributed by atoms with E-state index >= 15 is 0 Å². The highest BCUT2D eigenvalue weighted by Gasteiger charge is 2.45. The average Bonchev–Trinajstić information content (AvgIpc) is 3.75. The van der Waals surface area contributed by atoms with Crippen LogP contribution in [0.25, 0.3) is 0 Å². The van der Waals surface area contributed by atoms with Gasteiger partial charge in [0.05, 0.1) is 0 Å². The van der Waals surface area contributed by atoms with Crippen molar-refractivity contribution in [1.29, 1.82) is 0 Å². The summed E-state index contributed by atoms with van der Waals surface area (Å²) in [4.78, 5) is 92.5. The molecule has 1 unspecified atom stereocenters. The number of nitrogens with zero attached hydrogens (tertiary/aromatic N) is 4. The summed E-state index contributed by atoms with van der Waals surface area (Å²) in [6.07, 6.45) is 0.596. The predicted molar refractivity (Wildman–Crippen MR) is 199 cm³/mol. The van der Waals surface area contributed by atoms with Crippen LogP contribution in [0, 0.1) is 11.8 Å². The number of amides is 6. The molecule has 0 bridgehead atoms. The number of piperidine rings is 1. The first-order valence-corrected chi connectivity index (χ1v) is 18.8. The topological polar surface area (TPSA) is 191 Å². The molecule has 0 spiro atoms. The second kappa shape index (κ2) is 18.5. The van der Waals surface area contributed by atoms with E-state index in [-0.39, 0.29) is 55.1 Å². The number of alkyl halides is 3. The SMILES string of the molecule is CN(C(=O)[C@@H]1CC[C@@H]2CCN(C(=O)CCCCCC#Cc3cccc4c3CN(C3CCC(=O)NC3=O)C4=O)C[C@H](N)C(=O)N21)c1ccccc1.O=C(O)C(F)(F)F. The number of hydrogen-bond acceptors (Lipinski definition) is 8. The number of carbonyl (C=O) groups is 7. The highest BCUT2D eigenvalue weighted by molar-refractivity contribution is 6.05. The van der Waals surface area contributed by atoms with E-state index in [2.05, 4.69) is 17.2 Å². The molecule has 4 atom stereocenters. The minimum atomic E-state index is -5.08. The lowest BCUT2D eigenvalue weighted by Crippen LogP contribution is -2.59. The largest absolute Gasteiger partial charge is 0.490 e. The fourth-order valence-electron chi connectivity index (χ4n) is 7.56. The minimum Gasteiger partial charge on any atom is -0.475 e. The second-order valence-corrected chi connectivity index (χ2v) is 14.4. The van der Waals surface area contributed by atoms with Crippen molar-refractivity contribution in [3.8, 4) is 11.8 Å². The number of benzene rings is 2. The fraction of sp³-hybridized carbons (Fsp3) is 0.475. The summed E-state index contributed by atoms with van der Waals surface area (Å²) in [5, 5.41) is 9.45. The molecule has 0 aromatic heterocycles. The number of carboxylic acid groups (broad SMARTS) is 1. The van der Waals surface area contributed by atoms with E-state index in [1.54, 1.807) is 33.9 Å². The minimum absolute atomic E-state index is 0.0210. The highest BCUT2D eigenvalue weighted by Crippen LogP contribution is 2.32. The summed E-state index contributed by atoms with van der Waals surface area (Å²) in [7, 11) is 1.73. The monoisotopic (exact) mass is 794 g/mol. The van der Waals surface area contributed by atoms with Crippen molar-refractivity contribution in [3.05, 3.63) is 65.2 Å². The first kappa shape index (κ1) is 42.4. The van der Waals surface area contributed by atoms with Crippen molar-refractivity contribution in [2.75, 3.05) is 25.0 Å².